The summed E-state index contributed by atoms with van der Waals surface area (Å²) >= 11 is 0. The smallest absolute Gasteiger partial charge is 0.213 e. The Labute approximate surface area is 93.5 Å². The van der Waals surface area contributed by atoms with E-state index in [1.54, 1.807) is 12.3 Å². The van der Waals surface area contributed by atoms with Gasteiger partial charge in [-0.1, -0.05) is 11.2 Å². The Balaban J connectivity index is 2.50. The summed E-state index contributed by atoms with van der Waals surface area (Å²) in [5.41, 5.74) is 0.935. The number of ether oxygens (including phenoxy) is 1. The number of aliphatic hydroxyl groups is 1. The number of nitrogens with zero attached hydrogens (tertiary/aromatic N) is 1. The van der Waals surface area contributed by atoms with E-state index in [0.717, 1.165) is 5.56 Å². The molecule has 72 valence electrons. The van der Waals surface area contributed by atoms with Crippen molar-refractivity contribution in [1.29, 1.82) is 0 Å². The molecule has 0 aromatic carbocycles. The molecule has 0 spiro atoms. The van der Waals surface area contributed by atoms with Crippen molar-refractivity contribution in [3.05, 3.63) is 23.9 Å². The Bertz CT molecular complexity index is 297. The highest BCUT2D eigenvalue weighted by Crippen LogP contribution is 2.13. The molecular formula is C9H10B3NO2. The van der Waals surface area contributed by atoms with Crippen LogP contribution < -0.4 is 4.74 Å². The molecule has 1 rings (SSSR count). The van der Waals surface area contributed by atoms with E-state index in [9.17, 15) is 0 Å². The Morgan fingerprint density at radius 2 is 2.07 bits per heavy atom. The molecule has 1 heterocycles. The standard InChI is InChI=1S/C9H10B3NO2/c10-9(11,12)6-15-8-2-1-7(3-4-14)5-13-8/h1-2,5,14H,3-4,6H2. The van der Waals surface area contributed by atoms with Crippen LogP contribution in [0.4, 0.5) is 0 Å². The Hall–Kier alpha value is -0.895. The summed E-state index contributed by atoms with van der Waals surface area (Å²) < 4.78 is 5.15. The van der Waals surface area contributed by atoms with Crippen molar-refractivity contribution in [2.24, 2.45) is 0 Å². The monoisotopic (exact) mass is 197 g/mol. The Morgan fingerprint density at radius 3 is 2.53 bits per heavy atom. The first-order chi connectivity index (χ1) is 7.01. The van der Waals surface area contributed by atoms with Gasteiger partial charge in [0, 0.05) is 18.9 Å². The molecular weight excluding hydrogens is 187 g/mol. The molecule has 1 N–H and O–H groups in total. The van der Waals surface area contributed by atoms with E-state index in [-0.39, 0.29) is 13.2 Å². The number of aromatic nitrogens is 1. The van der Waals surface area contributed by atoms with Crippen molar-refractivity contribution in [2.45, 2.75) is 11.5 Å². The van der Waals surface area contributed by atoms with Crippen LogP contribution >= 0.6 is 0 Å². The molecule has 1 aromatic rings. The van der Waals surface area contributed by atoms with Crippen LogP contribution in [0.2, 0.25) is 5.11 Å². The second-order valence-corrected chi connectivity index (χ2v) is 3.38. The largest absolute Gasteiger partial charge is 0.479 e. The highest BCUT2D eigenvalue weighted by atomic mass is 16.5. The van der Waals surface area contributed by atoms with Crippen LogP contribution in [0.1, 0.15) is 5.56 Å². The third-order valence-electron chi connectivity index (χ3n) is 1.67. The summed E-state index contributed by atoms with van der Waals surface area (Å²) in [6.07, 6.45) is 2.19. The highest BCUT2D eigenvalue weighted by Gasteiger charge is 2.10. The van der Waals surface area contributed by atoms with Crippen molar-refractivity contribution >= 4 is 23.5 Å². The first-order valence-corrected chi connectivity index (χ1v) is 4.56. The van der Waals surface area contributed by atoms with E-state index in [2.05, 4.69) is 4.98 Å². The fourth-order valence-corrected chi connectivity index (χ4v) is 0.972. The summed E-state index contributed by atoms with van der Waals surface area (Å²) in [5, 5.41) is 7.33. The van der Waals surface area contributed by atoms with Crippen LogP contribution in [-0.2, 0) is 6.42 Å². The number of hydrogen-bond acceptors (Lipinski definition) is 3. The minimum absolute atomic E-state index is 0.0145. The molecule has 0 fully saturated rings. The van der Waals surface area contributed by atoms with Gasteiger partial charge in [-0.2, -0.15) is 0 Å². The molecule has 0 aliphatic carbocycles. The first-order valence-electron chi connectivity index (χ1n) is 4.56. The molecule has 0 saturated heterocycles. The molecule has 0 saturated carbocycles. The predicted octanol–water partition coefficient (Wildman–Crippen LogP) is -0.426. The van der Waals surface area contributed by atoms with Crippen LogP contribution in [0.5, 0.6) is 5.88 Å². The van der Waals surface area contributed by atoms with Gasteiger partial charge < -0.3 is 9.84 Å². The van der Waals surface area contributed by atoms with Crippen molar-refractivity contribution in [3.8, 4) is 5.88 Å². The lowest BCUT2D eigenvalue weighted by Gasteiger charge is -2.19. The van der Waals surface area contributed by atoms with E-state index in [1.807, 2.05) is 6.07 Å². The maximum Gasteiger partial charge on any atom is 0.213 e. The van der Waals surface area contributed by atoms with Crippen molar-refractivity contribution in [1.82, 2.24) is 4.98 Å². The number of pyridine rings is 1. The third kappa shape index (κ3) is 4.93. The molecule has 3 nitrogen and oxygen atoms in total. The average molecular weight is 197 g/mol. The van der Waals surface area contributed by atoms with Gasteiger partial charge in [0.25, 0.3) is 0 Å². The van der Waals surface area contributed by atoms with Crippen molar-refractivity contribution in [3.63, 3.8) is 0 Å². The predicted molar refractivity (Wildman–Crippen MR) is 60.5 cm³/mol. The second-order valence-electron chi connectivity index (χ2n) is 3.38. The lowest BCUT2D eigenvalue weighted by Crippen LogP contribution is -2.22. The topological polar surface area (TPSA) is 42.4 Å². The Kier molecular flexibility index (Phi) is 4.27. The Morgan fingerprint density at radius 1 is 1.33 bits per heavy atom. The van der Waals surface area contributed by atoms with Crippen LogP contribution in [0, 0.1) is 0 Å². The summed E-state index contributed by atoms with van der Waals surface area (Å²) in [4.78, 5) is 4.00. The van der Waals surface area contributed by atoms with Gasteiger partial charge in [-0.05, 0) is 12.0 Å². The van der Waals surface area contributed by atoms with E-state index < -0.39 is 5.11 Å². The minimum atomic E-state index is -1.36. The first kappa shape index (κ1) is 12.2. The van der Waals surface area contributed by atoms with Crippen LogP contribution in [0.25, 0.3) is 0 Å². The van der Waals surface area contributed by atoms with Crippen LogP contribution in [-0.4, -0.2) is 46.8 Å². The molecule has 6 radical (unpaired) electrons. The average Bonchev–Trinajstić information content (AvgIpc) is 2.16. The van der Waals surface area contributed by atoms with Gasteiger partial charge in [-0.3, -0.25) is 0 Å². The van der Waals surface area contributed by atoms with Crippen LogP contribution in [0.3, 0.4) is 0 Å². The number of aliphatic hydroxyl groups excluding tert-OH is 1. The molecule has 1 aromatic heterocycles. The number of rotatable bonds is 5. The molecule has 0 amide bonds. The summed E-state index contributed by atoms with van der Waals surface area (Å²) in [5.74, 6) is 0.405. The lowest BCUT2D eigenvalue weighted by atomic mass is 9.43. The van der Waals surface area contributed by atoms with Gasteiger partial charge in [0.15, 0.2) is 0 Å². The van der Waals surface area contributed by atoms with Gasteiger partial charge in [0.1, 0.15) is 0 Å². The quantitative estimate of drug-likeness (QED) is 0.651. The fraction of sp³-hybridized carbons (Fsp3) is 0.444. The minimum Gasteiger partial charge on any atom is -0.479 e. The van der Waals surface area contributed by atoms with Crippen molar-refractivity contribution in [2.75, 3.05) is 13.2 Å². The summed E-state index contributed by atoms with van der Waals surface area (Å²) in [7, 11) is 16.0. The normalized spacial score (nSPS) is 11.3. The summed E-state index contributed by atoms with van der Waals surface area (Å²) in [6.45, 7) is 0.0821. The maximum atomic E-state index is 8.69. The summed E-state index contributed by atoms with van der Waals surface area (Å²) in [6, 6.07) is 3.49. The van der Waals surface area contributed by atoms with E-state index in [4.69, 9.17) is 33.4 Å². The fourth-order valence-electron chi connectivity index (χ4n) is 0.972. The maximum absolute atomic E-state index is 8.69. The van der Waals surface area contributed by atoms with E-state index in [0.29, 0.717) is 12.3 Å². The lowest BCUT2D eigenvalue weighted by molar-refractivity contribution is 0.298. The van der Waals surface area contributed by atoms with Gasteiger partial charge in [-0.25, -0.2) is 4.98 Å². The molecule has 15 heavy (non-hydrogen) atoms. The van der Waals surface area contributed by atoms with Crippen molar-refractivity contribution < 1.29 is 9.84 Å². The zero-order chi connectivity index (χ0) is 11.3. The zero-order valence-corrected chi connectivity index (χ0v) is 8.39. The number of hydrogen-bond donors (Lipinski definition) is 1. The van der Waals surface area contributed by atoms with Gasteiger partial charge in [-0.15, -0.1) is 0 Å². The zero-order valence-electron chi connectivity index (χ0n) is 8.39. The second kappa shape index (κ2) is 5.26. The molecule has 0 bridgehead atoms. The molecule has 0 unspecified atom stereocenters. The third-order valence-corrected chi connectivity index (χ3v) is 1.67. The highest BCUT2D eigenvalue weighted by molar-refractivity contribution is 6.59. The van der Waals surface area contributed by atoms with E-state index >= 15 is 0 Å². The van der Waals surface area contributed by atoms with Crippen LogP contribution in [0.15, 0.2) is 18.3 Å². The SMILES string of the molecule is [B]C([B])([B])COc1ccc(CCO)cn1. The van der Waals surface area contributed by atoms with Gasteiger partial charge >= 0.3 is 0 Å². The molecule has 0 aliphatic rings. The van der Waals surface area contributed by atoms with Gasteiger partial charge in [0.2, 0.25) is 5.88 Å². The molecule has 0 aliphatic heterocycles. The van der Waals surface area contributed by atoms with Gasteiger partial charge in [0.05, 0.1) is 30.1 Å². The molecule has 0 atom stereocenters. The van der Waals surface area contributed by atoms with E-state index in [1.165, 1.54) is 0 Å². The molecule has 6 heteroatoms.